The first kappa shape index (κ1) is 26.2. The molecule has 0 unspecified atom stereocenters. The number of piperidine rings is 1. The Morgan fingerprint density at radius 3 is 2.71 bits per heavy atom. The van der Waals surface area contributed by atoms with Crippen LogP contribution in [0.25, 0.3) is 10.9 Å². The maximum Gasteiger partial charge on any atom is 0.124 e. The number of nitrogens with one attached hydrogen (secondary N) is 1. The molecule has 0 saturated carbocycles. The minimum atomic E-state index is 0.121. The monoisotopic (exact) mass is 512 g/mol. The second-order valence-electron chi connectivity index (χ2n) is 9.61. The highest BCUT2D eigenvalue weighted by molar-refractivity contribution is 5.78. The third-order valence-corrected chi connectivity index (χ3v) is 7.02. The maximum absolute atomic E-state index is 6.42. The van der Waals surface area contributed by atoms with Crippen molar-refractivity contribution in [2.24, 2.45) is 0 Å². The quantitative estimate of drug-likeness (QED) is 0.239. The van der Waals surface area contributed by atoms with E-state index in [4.69, 9.17) is 18.9 Å². The van der Waals surface area contributed by atoms with Crippen LogP contribution in [0.4, 0.5) is 0 Å². The second kappa shape index (κ2) is 13.4. The molecule has 6 heteroatoms. The molecule has 2 atom stereocenters. The topological polar surface area (TPSA) is 61.8 Å². The van der Waals surface area contributed by atoms with Crippen LogP contribution in [-0.4, -0.2) is 44.5 Å². The molecule has 1 aliphatic rings. The van der Waals surface area contributed by atoms with Crippen LogP contribution in [0.5, 0.6) is 11.5 Å². The average molecular weight is 513 g/mol. The van der Waals surface area contributed by atoms with E-state index in [1.54, 1.807) is 7.11 Å². The van der Waals surface area contributed by atoms with Crippen molar-refractivity contribution >= 4 is 10.9 Å². The van der Waals surface area contributed by atoms with Crippen molar-refractivity contribution in [3.63, 3.8) is 0 Å². The van der Waals surface area contributed by atoms with Crippen LogP contribution in [0.3, 0.4) is 0 Å². The van der Waals surface area contributed by atoms with Gasteiger partial charge in [0.25, 0.3) is 0 Å². The molecule has 0 radical (unpaired) electrons. The van der Waals surface area contributed by atoms with Gasteiger partial charge in [-0.3, -0.25) is 4.98 Å². The van der Waals surface area contributed by atoms with E-state index in [-0.39, 0.29) is 6.10 Å². The number of nitrogens with zero attached hydrogens (tertiary/aromatic N) is 1. The summed E-state index contributed by atoms with van der Waals surface area (Å²) in [5, 5.41) is 4.64. The summed E-state index contributed by atoms with van der Waals surface area (Å²) in [4.78, 5) is 4.47. The molecular formula is C32H36N2O4. The number of benzene rings is 3. The Kier molecular flexibility index (Phi) is 9.21. The van der Waals surface area contributed by atoms with Gasteiger partial charge in [0.05, 0.1) is 45.2 Å². The zero-order valence-electron chi connectivity index (χ0n) is 22.0. The predicted octanol–water partition coefficient (Wildman–Crippen LogP) is 5.89. The van der Waals surface area contributed by atoms with Gasteiger partial charge in [0, 0.05) is 36.0 Å². The Hall–Kier alpha value is -3.45. The standard InChI is InChI=1S/C32H36N2O4/c1-35-31-8-3-2-6-27(31)23-36-18-5-19-37-28-13-11-25(12-14-28)29-15-17-33-21-32(29)38-22-24-9-10-26-7-4-16-34-30(26)20-24/h2-4,6-14,16,20,29,32-33H,5,15,17-19,21-23H2,1H3/t29-,32-/m0/s1. The number of hydrogen-bond acceptors (Lipinski definition) is 6. The van der Waals surface area contributed by atoms with Crippen LogP contribution >= 0.6 is 0 Å². The zero-order chi connectivity index (χ0) is 26.0. The maximum atomic E-state index is 6.42. The van der Waals surface area contributed by atoms with Crippen molar-refractivity contribution in [2.45, 2.75) is 38.1 Å². The van der Waals surface area contributed by atoms with Crippen LogP contribution < -0.4 is 14.8 Å². The number of fused-ring (bicyclic) bond motifs is 1. The molecule has 3 aromatic carbocycles. The Morgan fingerprint density at radius 2 is 1.82 bits per heavy atom. The van der Waals surface area contributed by atoms with E-state index in [0.29, 0.717) is 32.3 Å². The summed E-state index contributed by atoms with van der Waals surface area (Å²) in [7, 11) is 1.68. The summed E-state index contributed by atoms with van der Waals surface area (Å²) in [6.45, 7) is 4.22. The first-order valence-electron chi connectivity index (χ1n) is 13.4. The van der Waals surface area contributed by atoms with Gasteiger partial charge in [-0.05, 0) is 54.4 Å². The number of pyridine rings is 1. The van der Waals surface area contributed by atoms with Crippen molar-refractivity contribution in [1.82, 2.24) is 10.3 Å². The van der Waals surface area contributed by atoms with Gasteiger partial charge in [-0.1, -0.05) is 48.5 Å². The molecule has 2 heterocycles. The van der Waals surface area contributed by atoms with Gasteiger partial charge < -0.3 is 24.3 Å². The molecule has 198 valence electrons. The molecule has 1 saturated heterocycles. The zero-order valence-corrected chi connectivity index (χ0v) is 22.0. The van der Waals surface area contributed by atoms with Crippen molar-refractivity contribution in [3.05, 3.63) is 102 Å². The number of ether oxygens (including phenoxy) is 4. The minimum absolute atomic E-state index is 0.121. The van der Waals surface area contributed by atoms with Gasteiger partial charge in [-0.25, -0.2) is 0 Å². The van der Waals surface area contributed by atoms with Gasteiger partial charge in [-0.2, -0.15) is 0 Å². The number of hydrogen-bond donors (Lipinski definition) is 1. The van der Waals surface area contributed by atoms with Crippen LogP contribution in [0.1, 0.15) is 35.4 Å². The Labute approximate surface area is 224 Å². The smallest absolute Gasteiger partial charge is 0.124 e. The fourth-order valence-electron chi connectivity index (χ4n) is 4.96. The highest BCUT2D eigenvalue weighted by Crippen LogP contribution is 2.30. The third kappa shape index (κ3) is 6.90. The van der Waals surface area contributed by atoms with Gasteiger partial charge >= 0.3 is 0 Å². The molecule has 0 spiro atoms. The molecular weight excluding hydrogens is 476 g/mol. The second-order valence-corrected chi connectivity index (χ2v) is 9.61. The summed E-state index contributed by atoms with van der Waals surface area (Å²) in [6.07, 6.45) is 3.83. The fraction of sp³-hybridized carbons (Fsp3) is 0.344. The van der Waals surface area contributed by atoms with E-state index in [0.717, 1.165) is 59.5 Å². The van der Waals surface area contributed by atoms with E-state index in [1.807, 2.05) is 36.5 Å². The highest BCUT2D eigenvalue weighted by atomic mass is 16.5. The summed E-state index contributed by atoms with van der Waals surface area (Å²) in [6, 6.07) is 26.8. The molecule has 5 rings (SSSR count). The number of rotatable bonds is 12. The summed E-state index contributed by atoms with van der Waals surface area (Å²) < 4.78 is 23.6. The van der Waals surface area contributed by atoms with Crippen LogP contribution in [-0.2, 0) is 22.7 Å². The summed E-state index contributed by atoms with van der Waals surface area (Å²) >= 11 is 0. The van der Waals surface area contributed by atoms with Gasteiger partial charge in [0.15, 0.2) is 0 Å². The molecule has 0 amide bonds. The molecule has 6 nitrogen and oxygen atoms in total. The van der Waals surface area contributed by atoms with Gasteiger partial charge in [-0.15, -0.1) is 0 Å². The Balaban J connectivity index is 1.08. The Morgan fingerprint density at radius 1 is 0.921 bits per heavy atom. The van der Waals surface area contributed by atoms with Crippen LogP contribution in [0, 0.1) is 0 Å². The molecule has 0 bridgehead atoms. The van der Waals surface area contributed by atoms with E-state index < -0.39 is 0 Å². The van der Waals surface area contributed by atoms with E-state index in [9.17, 15) is 0 Å². The molecule has 38 heavy (non-hydrogen) atoms. The van der Waals surface area contributed by atoms with Crippen molar-refractivity contribution in [1.29, 1.82) is 0 Å². The van der Waals surface area contributed by atoms with E-state index in [1.165, 1.54) is 5.56 Å². The summed E-state index contributed by atoms with van der Waals surface area (Å²) in [5.41, 5.74) is 4.51. The first-order valence-corrected chi connectivity index (χ1v) is 13.4. The van der Waals surface area contributed by atoms with Gasteiger partial charge in [0.1, 0.15) is 11.5 Å². The van der Waals surface area contributed by atoms with Crippen molar-refractivity contribution in [2.75, 3.05) is 33.4 Å². The lowest BCUT2D eigenvalue weighted by Crippen LogP contribution is -2.40. The molecule has 1 N–H and O–H groups in total. The molecule has 1 fully saturated rings. The Bertz CT molecular complexity index is 1290. The lowest BCUT2D eigenvalue weighted by molar-refractivity contribution is 0.0106. The average Bonchev–Trinajstić information content (AvgIpc) is 2.98. The van der Waals surface area contributed by atoms with Gasteiger partial charge in [0.2, 0.25) is 0 Å². The third-order valence-electron chi connectivity index (χ3n) is 7.02. The first-order chi connectivity index (χ1) is 18.8. The molecule has 0 aliphatic carbocycles. The molecule has 1 aromatic heterocycles. The van der Waals surface area contributed by atoms with Crippen molar-refractivity contribution < 1.29 is 18.9 Å². The summed E-state index contributed by atoms with van der Waals surface area (Å²) in [5.74, 6) is 2.09. The molecule has 4 aromatic rings. The van der Waals surface area contributed by atoms with E-state index >= 15 is 0 Å². The van der Waals surface area contributed by atoms with Crippen LogP contribution in [0.15, 0.2) is 85.1 Å². The lowest BCUT2D eigenvalue weighted by atomic mass is 9.87. The number of methoxy groups -OCH3 is 1. The normalized spacial score (nSPS) is 17.4. The van der Waals surface area contributed by atoms with Crippen LogP contribution in [0.2, 0.25) is 0 Å². The largest absolute Gasteiger partial charge is 0.496 e. The minimum Gasteiger partial charge on any atom is -0.496 e. The lowest BCUT2D eigenvalue weighted by Gasteiger charge is -2.32. The number of para-hydroxylation sites is 1. The fourth-order valence-corrected chi connectivity index (χ4v) is 4.96. The van der Waals surface area contributed by atoms with Crippen molar-refractivity contribution in [3.8, 4) is 11.5 Å². The number of aromatic nitrogens is 1. The predicted molar refractivity (Wildman–Crippen MR) is 150 cm³/mol. The molecule has 1 aliphatic heterocycles. The highest BCUT2D eigenvalue weighted by Gasteiger charge is 2.27. The SMILES string of the molecule is COc1ccccc1COCCCOc1ccc([C@@H]2CCNC[C@@H]2OCc2ccc3cccnc3c2)cc1. The van der Waals surface area contributed by atoms with E-state index in [2.05, 4.69) is 58.8 Å².